The summed E-state index contributed by atoms with van der Waals surface area (Å²) in [7, 11) is 1.46. The topological polar surface area (TPSA) is 73.2 Å². The molecule has 2 aliphatic rings. The van der Waals surface area contributed by atoms with E-state index in [-0.39, 0.29) is 43.0 Å². The lowest BCUT2D eigenvalue weighted by Crippen LogP contribution is -2.41. The summed E-state index contributed by atoms with van der Waals surface area (Å²) in [4.78, 5) is 25.5. The molecule has 2 aliphatic heterocycles. The maximum atomic E-state index is 14.1. The van der Waals surface area contributed by atoms with Crippen LogP contribution in [-0.2, 0) is 9.59 Å². The van der Waals surface area contributed by atoms with Crippen LogP contribution in [-0.4, -0.2) is 52.2 Å². The van der Waals surface area contributed by atoms with Crippen LogP contribution in [0, 0.1) is 11.6 Å². The lowest BCUT2D eigenvalue weighted by Gasteiger charge is -2.27. The number of carbonyl (C=O) groups excluding carboxylic acids is 2. The second kappa shape index (κ2) is 6.27. The van der Waals surface area contributed by atoms with Gasteiger partial charge in [-0.15, -0.1) is 0 Å². The molecule has 1 aromatic carbocycles. The number of β-amino-alcohol motifs (C(OH)–C–C–N with tert-alkyl or cyclic N) is 1. The minimum atomic E-state index is -0.829. The van der Waals surface area contributed by atoms with Crippen LogP contribution in [0.5, 0.6) is 0 Å². The highest BCUT2D eigenvalue weighted by Gasteiger charge is 2.39. The molecule has 0 radical (unpaired) electrons. The normalized spacial score (nSPS) is 24.3. The van der Waals surface area contributed by atoms with Crippen molar-refractivity contribution in [2.45, 2.75) is 31.4 Å². The summed E-state index contributed by atoms with van der Waals surface area (Å²) < 4.78 is 27.5. The number of aliphatic hydroxyl groups is 1. The summed E-state index contributed by atoms with van der Waals surface area (Å²) in [6.45, 7) is 0.0101. The van der Waals surface area contributed by atoms with Crippen molar-refractivity contribution in [1.29, 1.82) is 0 Å². The van der Waals surface area contributed by atoms with Crippen LogP contribution >= 0.6 is 0 Å². The van der Waals surface area contributed by atoms with Gasteiger partial charge in [-0.2, -0.15) is 5.10 Å². The summed E-state index contributed by atoms with van der Waals surface area (Å²) in [5.41, 5.74) is 0.203. The van der Waals surface area contributed by atoms with Crippen molar-refractivity contribution in [3.8, 4) is 0 Å². The van der Waals surface area contributed by atoms with Gasteiger partial charge < -0.3 is 10.0 Å². The zero-order chi connectivity index (χ0) is 17.4. The van der Waals surface area contributed by atoms with E-state index in [9.17, 15) is 23.5 Å². The van der Waals surface area contributed by atoms with E-state index in [4.69, 9.17) is 0 Å². The molecule has 2 heterocycles. The number of rotatable bonds is 2. The molecule has 1 aromatic rings. The number of carbonyl (C=O) groups is 2. The quantitative estimate of drug-likeness (QED) is 0.881. The van der Waals surface area contributed by atoms with E-state index in [1.165, 1.54) is 11.9 Å². The summed E-state index contributed by atoms with van der Waals surface area (Å²) >= 11 is 0. The number of nitrogens with zero attached hydrogens (tertiary/aromatic N) is 3. The smallest absolute Gasteiger partial charge is 0.270 e. The highest BCUT2D eigenvalue weighted by atomic mass is 19.1. The van der Waals surface area contributed by atoms with Crippen LogP contribution in [0.2, 0.25) is 0 Å². The zero-order valence-electron chi connectivity index (χ0n) is 13.1. The van der Waals surface area contributed by atoms with Crippen molar-refractivity contribution in [2.75, 3.05) is 13.6 Å². The van der Waals surface area contributed by atoms with Gasteiger partial charge in [0.25, 0.3) is 5.91 Å². The summed E-state index contributed by atoms with van der Waals surface area (Å²) in [5.74, 6) is -1.91. The number of hydrogen-bond acceptors (Lipinski definition) is 4. The second-order valence-corrected chi connectivity index (χ2v) is 5.99. The van der Waals surface area contributed by atoms with Crippen molar-refractivity contribution < 1.29 is 23.5 Å². The highest BCUT2D eigenvalue weighted by molar-refractivity contribution is 6.39. The Morgan fingerprint density at radius 1 is 1.33 bits per heavy atom. The molecule has 1 fully saturated rings. The predicted molar refractivity (Wildman–Crippen MR) is 80.9 cm³/mol. The summed E-state index contributed by atoms with van der Waals surface area (Å²) in [5, 5.41) is 15.0. The van der Waals surface area contributed by atoms with Gasteiger partial charge in [0.2, 0.25) is 5.91 Å². The molecule has 0 aliphatic carbocycles. The van der Waals surface area contributed by atoms with E-state index in [1.54, 1.807) is 0 Å². The van der Waals surface area contributed by atoms with Gasteiger partial charge in [-0.05, 0) is 24.6 Å². The average molecular weight is 337 g/mol. The molecule has 0 aromatic heterocycles. The molecule has 2 amide bonds. The fourth-order valence-electron chi connectivity index (χ4n) is 3.09. The standard InChI is InChI=1S/C16H17F2N3O3/c1-20-15(23)5-4-13(19-20)16(24)21-8-10(22)7-14(21)11-6-9(17)2-3-12(11)18/h2-3,6,10,14,22H,4-5,7-8H2,1H3/t10-,14+/m0/s1. The summed E-state index contributed by atoms with van der Waals surface area (Å²) in [6, 6.07) is 2.27. The van der Waals surface area contributed by atoms with Crippen molar-refractivity contribution in [1.82, 2.24) is 9.91 Å². The van der Waals surface area contributed by atoms with Crippen LogP contribution < -0.4 is 0 Å². The Kier molecular flexibility index (Phi) is 4.31. The predicted octanol–water partition coefficient (Wildman–Crippen LogP) is 1.21. The van der Waals surface area contributed by atoms with Crippen LogP contribution in [0.3, 0.4) is 0 Å². The molecule has 0 spiro atoms. The third-order valence-electron chi connectivity index (χ3n) is 4.31. The highest BCUT2D eigenvalue weighted by Crippen LogP contribution is 2.34. The van der Waals surface area contributed by atoms with E-state index in [2.05, 4.69) is 5.10 Å². The van der Waals surface area contributed by atoms with E-state index < -0.39 is 29.7 Å². The largest absolute Gasteiger partial charge is 0.391 e. The monoisotopic (exact) mass is 337 g/mol. The van der Waals surface area contributed by atoms with Crippen molar-refractivity contribution in [3.05, 3.63) is 35.4 Å². The Bertz CT molecular complexity index is 723. The Hall–Kier alpha value is -2.35. The van der Waals surface area contributed by atoms with Gasteiger partial charge >= 0.3 is 0 Å². The molecule has 0 bridgehead atoms. The molecule has 2 atom stereocenters. The maximum absolute atomic E-state index is 14.1. The molecule has 1 N–H and O–H groups in total. The van der Waals surface area contributed by atoms with Gasteiger partial charge in [0.15, 0.2) is 0 Å². The Morgan fingerprint density at radius 3 is 2.79 bits per heavy atom. The lowest BCUT2D eigenvalue weighted by molar-refractivity contribution is -0.130. The molecular weight excluding hydrogens is 320 g/mol. The fourth-order valence-corrected chi connectivity index (χ4v) is 3.09. The van der Waals surface area contributed by atoms with Gasteiger partial charge in [0.1, 0.15) is 17.3 Å². The number of likely N-dealkylation sites (tertiary alicyclic amines) is 1. The molecule has 3 rings (SSSR count). The molecule has 0 saturated carbocycles. The first-order valence-electron chi connectivity index (χ1n) is 7.65. The van der Waals surface area contributed by atoms with Crippen molar-refractivity contribution >= 4 is 17.5 Å². The van der Waals surface area contributed by atoms with Gasteiger partial charge in [-0.1, -0.05) is 0 Å². The Balaban J connectivity index is 1.91. The SMILES string of the molecule is CN1N=C(C(=O)N2C[C@@H](O)C[C@@H]2c2cc(F)ccc2F)CCC1=O. The van der Waals surface area contributed by atoms with Crippen LogP contribution in [0.15, 0.2) is 23.3 Å². The molecule has 1 saturated heterocycles. The fraction of sp³-hybridized carbons (Fsp3) is 0.438. The Labute approximate surface area is 137 Å². The van der Waals surface area contributed by atoms with E-state index in [0.29, 0.717) is 0 Å². The molecular formula is C16H17F2N3O3. The van der Waals surface area contributed by atoms with Crippen LogP contribution in [0.4, 0.5) is 8.78 Å². The third-order valence-corrected chi connectivity index (χ3v) is 4.31. The summed E-state index contributed by atoms with van der Waals surface area (Å²) in [6.07, 6.45) is -0.359. The first-order chi connectivity index (χ1) is 11.4. The van der Waals surface area contributed by atoms with Crippen molar-refractivity contribution in [2.24, 2.45) is 5.10 Å². The minimum Gasteiger partial charge on any atom is -0.391 e. The first kappa shape index (κ1) is 16.5. The van der Waals surface area contributed by atoms with Gasteiger partial charge in [0, 0.05) is 32.0 Å². The third kappa shape index (κ3) is 3.01. The lowest BCUT2D eigenvalue weighted by atomic mass is 10.0. The number of amides is 2. The molecule has 24 heavy (non-hydrogen) atoms. The number of hydrogen-bond donors (Lipinski definition) is 1. The van der Waals surface area contributed by atoms with Crippen LogP contribution in [0.1, 0.15) is 30.9 Å². The van der Waals surface area contributed by atoms with E-state index in [0.717, 1.165) is 23.2 Å². The zero-order valence-corrected chi connectivity index (χ0v) is 13.1. The molecule has 0 unspecified atom stereocenters. The first-order valence-corrected chi connectivity index (χ1v) is 7.65. The molecule has 128 valence electrons. The maximum Gasteiger partial charge on any atom is 0.270 e. The van der Waals surface area contributed by atoms with Gasteiger partial charge in [-0.3, -0.25) is 9.59 Å². The second-order valence-electron chi connectivity index (χ2n) is 5.99. The Morgan fingerprint density at radius 2 is 2.08 bits per heavy atom. The average Bonchev–Trinajstić information content (AvgIpc) is 2.93. The number of hydrazone groups is 1. The minimum absolute atomic E-state index is 0.0101. The number of benzene rings is 1. The van der Waals surface area contributed by atoms with Crippen molar-refractivity contribution in [3.63, 3.8) is 0 Å². The van der Waals surface area contributed by atoms with Gasteiger partial charge in [0.05, 0.1) is 12.1 Å². The van der Waals surface area contributed by atoms with E-state index in [1.807, 2.05) is 0 Å². The van der Waals surface area contributed by atoms with E-state index >= 15 is 0 Å². The van der Waals surface area contributed by atoms with Crippen LogP contribution in [0.25, 0.3) is 0 Å². The number of aliphatic hydroxyl groups excluding tert-OH is 1. The number of halogens is 2. The molecule has 8 heteroatoms. The van der Waals surface area contributed by atoms with Gasteiger partial charge in [-0.25, -0.2) is 13.8 Å². The molecule has 6 nitrogen and oxygen atoms in total.